The van der Waals surface area contributed by atoms with Crippen LogP contribution in [0.2, 0.25) is 0 Å². The normalized spacial score (nSPS) is 51.0. The molecule has 3 unspecified atom stereocenters. The fraction of sp³-hybridized carbons (Fsp3) is 0.794. The van der Waals surface area contributed by atoms with E-state index in [1.807, 2.05) is 13.0 Å². The van der Waals surface area contributed by atoms with Gasteiger partial charge in [0.15, 0.2) is 24.3 Å². The van der Waals surface area contributed by atoms with Crippen LogP contribution in [0.5, 0.6) is 0 Å². The Morgan fingerprint density at radius 3 is 2.78 bits per heavy atom. The minimum absolute atomic E-state index is 0.0235. The quantitative estimate of drug-likeness (QED) is 0.428. The van der Waals surface area contributed by atoms with Gasteiger partial charge in [0.25, 0.3) is 0 Å². The lowest BCUT2D eigenvalue weighted by Gasteiger charge is -2.59. The molecular weight excluding hydrogens is 520 g/mol. The minimum Gasteiger partial charge on any atom is -0.457 e. The molecule has 7 heteroatoms. The molecule has 1 aliphatic heterocycles. The maximum Gasteiger partial charge on any atom is 0.309 e. The number of hydrogen-bond donors (Lipinski definition) is 1. The largest absolute Gasteiger partial charge is 0.457 e. The highest BCUT2D eigenvalue weighted by Crippen LogP contribution is 2.70. The number of carbonyl (C=O) groups is 3. The third kappa shape index (κ3) is 4.27. The molecule has 5 fully saturated rings. The number of carbonyl (C=O) groups excluding carboxylic acids is 3. The Kier molecular flexibility index (Phi) is 5.76. The lowest BCUT2D eigenvalue weighted by Crippen LogP contribution is -2.64. The van der Waals surface area contributed by atoms with Crippen molar-refractivity contribution < 1.29 is 41.9 Å². The summed E-state index contributed by atoms with van der Waals surface area (Å²) in [6.45, 7) is 2.72. The van der Waals surface area contributed by atoms with E-state index < -0.39 is 72.4 Å². The third-order valence-corrected chi connectivity index (χ3v) is 12.0. The lowest BCUT2D eigenvalue weighted by atomic mass is 9.46. The first-order valence-corrected chi connectivity index (χ1v) is 15.4. The number of ether oxygens (including phenoxy) is 3. The molecule has 1 heterocycles. The molecule has 0 aromatic rings. The summed E-state index contributed by atoms with van der Waals surface area (Å²) >= 11 is 0. The fourth-order valence-corrected chi connectivity index (χ4v) is 9.95. The van der Waals surface area contributed by atoms with Gasteiger partial charge in [-0.15, -0.1) is 0 Å². The average molecular weight is 575 g/mol. The van der Waals surface area contributed by atoms with Gasteiger partial charge in [0, 0.05) is 30.9 Å². The molecule has 6 aliphatic rings. The molecule has 0 spiro atoms. The van der Waals surface area contributed by atoms with E-state index in [0.717, 1.165) is 38.2 Å². The molecule has 0 aromatic heterocycles. The van der Waals surface area contributed by atoms with Crippen molar-refractivity contribution in [3.63, 3.8) is 0 Å². The molecule has 7 nitrogen and oxygen atoms in total. The van der Waals surface area contributed by atoms with Crippen LogP contribution >= 0.6 is 0 Å². The number of aliphatic hydroxyl groups is 1. The summed E-state index contributed by atoms with van der Waals surface area (Å²) in [5, 5.41) is 12.0. The number of aliphatic hydroxyl groups excluding tert-OH is 1. The van der Waals surface area contributed by atoms with Crippen LogP contribution in [0.4, 0.5) is 0 Å². The van der Waals surface area contributed by atoms with Gasteiger partial charge in [-0.1, -0.05) is 65.5 Å². The van der Waals surface area contributed by atoms with Crippen LogP contribution in [-0.2, 0) is 28.6 Å². The van der Waals surface area contributed by atoms with Crippen LogP contribution in [-0.4, -0.2) is 53.3 Å². The molecule has 4 saturated carbocycles. The van der Waals surface area contributed by atoms with Gasteiger partial charge in [-0.3, -0.25) is 14.4 Å². The lowest BCUT2D eigenvalue weighted by molar-refractivity contribution is -0.213. The summed E-state index contributed by atoms with van der Waals surface area (Å²) in [5.41, 5.74) is -2.07. The molecule has 0 bridgehead atoms. The van der Waals surface area contributed by atoms with Gasteiger partial charge in [-0.05, 0) is 68.4 Å². The van der Waals surface area contributed by atoms with Crippen molar-refractivity contribution in [3.8, 4) is 0 Å². The third-order valence-electron chi connectivity index (χ3n) is 12.0. The van der Waals surface area contributed by atoms with Crippen molar-refractivity contribution in [1.82, 2.24) is 0 Å². The van der Waals surface area contributed by atoms with E-state index in [0.29, 0.717) is 25.2 Å². The van der Waals surface area contributed by atoms with E-state index in [1.165, 1.54) is 0 Å². The van der Waals surface area contributed by atoms with Crippen LogP contribution in [0, 0.1) is 46.3 Å². The molecule has 41 heavy (non-hydrogen) atoms. The summed E-state index contributed by atoms with van der Waals surface area (Å²) in [6, 6.07) is 0. The number of fused-ring (bicyclic) bond motifs is 7. The number of allylic oxidation sites excluding steroid dienone is 4. The van der Waals surface area contributed by atoms with Crippen LogP contribution in [0.25, 0.3) is 0 Å². The van der Waals surface area contributed by atoms with Crippen molar-refractivity contribution in [2.75, 3.05) is 6.61 Å². The van der Waals surface area contributed by atoms with Gasteiger partial charge in [0.1, 0.15) is 0 Å². The van der Waals surface area contributed by atoms with Crippen LogP contribution in [0.3, 0.4) is 0 Å². The summed E-state index contributed by atoms with van der Waals surface area (Å²) in [6.07, 6.45) is 6.19. The zero-order valence-electron chi connectivity index (χ0n) is 30.6. The summed E-state index contributed by atoms with van der Waals surface area (Å²) in [7, 11) is 0. The molecule has 0 aromatic carbocycles. The van der Waals surface area contributed by atoms with Gasteiger partial charge in [0.2, 0.25) is 5.78 Å². The summed E-state index contributed by atoms with van der Waals surface area (Å²) in [4.78, 5) is 40.1. The van der Waals surface area contributed by atoms with Crippen LogP contribution < -0.4 is 0 Å². The number of rotatable bonds is 6. The highest BCUT2D eigenvalue weighted by Gasteiger charge is 2.76. The summed E-state index contributed by atoms with van der Waals surface area (Å²) < 4.78 is 66.5. The Morgan fingerprint density at radius 1 is 1.27 bits per heavy atom. The van der Waals surface area contributed by atoms with E-state index in [2.05, 4.69) is 13.8 Å². The Bertz CT molecular complexity index is 1370. The molecule has 226 valence electrons. The molecule has 6 rings (SSSR count). The molecule has 0 amide bonds. The molecule has 1 N–H and O–H groups in total. The van der Waals surface area contributed by atoms with Gasteiger partial charge in [-0.25, -0.2) is 0 Å². The molecule has 1 saturated heterocycles. The van der Waals surface area contributed by atoms with E-state index in [1.54, 1.807) is 12.2 Å². The Labute approximate surface area is 252 Å². The number of hydrogen-bond acceptors (Lipinski definition) is 7. The van der Waals surface area contributed by atoms with Gasteiger partial charge < -0.3 is 19.3 Å². The second-order valence-corrected chi connectivity index (χ2v) is 13.8. The Hall–Kier alpha value is -1.83. The predicted molar refractivity (Wildman–Crippen MR) is 152 cm³/mol. The zero-order chi connectivity index (χ0) is 34.5. The standard InChI is InChI=1S/C34H48O7/c1-6-19(2)30(38)39-18-27(37)34-28(40-31(41-34)23-10-8-7-9-20(23)3)16-25-24-12-11-21-15-22(35)13-14-32(21,4)29(24)26(36)17-33(25,34)5/h13-15,19-20,23-26,28-29,31,36H,6-12,16-18H2,1-5H3/t19?,20?,23?,24-,25-,26-,28+,29+,31+,32-,33-,34+/m0/s1/i2D3,6D2,19D. The first-order chi connectivity index (χ1) is 21.7. The maximum atomic E-state index is 14.6. The number of Topliss-reactive ketones (excluding diaryl/α,β-unsaturated/α-hetero) is 1. The fourth-order valence-electron chi connectivity index (χ4n) is 9.95. The van der Waals surface area contributed by atoms with Gasteiger partial charge in [-0.2, -0.15) is 0 Å². The van der Waals surface area contributed by atoms with E-state index in [4.69, 9.17) is 22.4 Å². The monoisotopic (exact) mass is 574 g/mol. The molecule has 5 aliphatic carbocycles. The second kappa shape index (κ2) is 10.4. The highest BCUT2D eigenvalue weighted by molar-refractivity contribution is 6.01. The van der Waals surface area contributed by atoms with Crippen molar-refractivity contribution in [3.05, 3.63) is 23.8 Å². The Balaban J connectivity index is 1.35. The zero-order valence-corrected chi connectivity index (χ0v) is 24.6. The van der Waals surface area contributed by atoms with Crippen molar-refractivity contribution >= 4 is 17.5 Å². The maximum absolute atomic E-state index is 14.6. The summed E-state index contributed by atoms with van der Waals surface area (Å²) in [5.74, 6) is -5.60. The Morgan fingerprint density at radius 2 is 2.05 bits per heavy atom. The SMILES string of the molecule is [2H]C([2H])([2H])C([2H])(C(=O)OCC(=O)[C@@]12O[C@H](C3CCCCC3C)O[C@@H]1C[C@H]1[C@@H]3CCC4=CC(=O)C=C[C@]4(C)[C@H]3[C@@H](O)C[C@@]12C)C([2H])([2H])C. The van der Waals surface area contributed by atoms with Crippen molar-refractivity contribution in [2.45, 2.75) is 116 Å². The molecular formula is C34H48O7. The second-order valence-electron chi connectivity index (χ2n) is 13.8. The first-order valence-electron chi connectivity index (χ1n) is 18.4. The molecule has 0 radical (unpaired) electrons. The van der Waals surface area contributed by atoms with Gasteiger partial charge >= 0.3 is 5.97 Å². The van der Waals surface area contributed by atoms with Crippen LogP contribution in [0.15, 0.2) is 23.8 Å². The van der Waals surface area contributed by atoms with E-state index >= 15 is 0 Å². The van der Waals surface area contributed by atoms with Crippen molar-refractivity contribution in [2.24, 2.45) is 46.3 Å². The minimum atomic E-state index is -3.36. The van der Waals surface area contributed by atoms with Crippen LogP contribution in [0.1, 0.15) is 101 Å². The van der Waals surface area contributed by atoms with E-state index in [9.17, 15) is 19.5 Å². The molecule has 12 atom stereocenters. The average Bonchev–Trinajstić information content (AvgIpc) is 3.47. The number of ketones is 2. The predicted octanol–water partition coefficient (Wildman–Crippen LogP) is 5.34. The van der Waals surface area contributed by atoms with E-state index in [-0.39, 0.29) is 35.9 Å². The highest BCUT2D eigenvalue weighted by atomic mass is 16.7. The van der Waals surface area contributed by atoms with Gasteiger partial charge in [0.05, 0.1) is 18.1 Å². The number of esters is 1. The first kappa shape index (κ1) is 22.7. The van der Waals surface area contributed by atoms with Crippen molar-refractivity contribution in [1.29, 1.82) is 0 Å². The topological polar surface area (TPSA) is 99.1 Å². The smallest absolute Gasteiger partial charge is 0.309 e.